The Kier molecular flexibility index (Phi) is 8.50. The molecule has 3 heterocycles. The maximum atomic E-state index is 12.8. The van der Waals surface area contributed by atoms with E-state index in [1.165, 1.54) is 5.56 Å². The number of alkyl halides is 3. The topological polar surface area (TPSA) is 73.8 Å². The van der Waals surface area contributed by atoms with Crippen molar-refractivity contribution in [2.24, 2.45) is 5.92 Å². The van der Waals surface area contributed by atoms with Gasteiger partial charge in [-0.25, -0.2) is 14.8 Å². The Labute approximate surface area is 209 Å². The molecule has 36 heavy (non-hydrogen) atoms. The van der Waals surface area contributed by atoms with Crippen LogP contribution in [0.2, 0.25) is 0 Å². The van der Waals surface area contributed by atoms with Gasteiger partial charge in [-0.15, -0.1) is 13.2 Å². The van der Waals surface area contributed by atoms with E-state index in [9.17, 15) is 18.0 Å². The summed E-state index contributed by atoms with van der Waals surface area (Å²) in [7, 11) is 0. The highest BCUT2D eigenvalue weighted by Crippen LogP contribution is 2.24. The van der Waals surface area contributed by atoms with Crippen LogP contribution in [0.15, 0.2) is 42.7 Å². The number of nitrogens with one attached hydrogen (secondary N) is 1. The van der Waals surface area contributed by atoms with Crippen molar-refractivity contribution in [2.45, 2.75) is 45.1 Å². The average Bonchev–Trinajstić information content (AvgIpc) is 2.85. The van der Waals surface area contributed by atoms with Crippen LogP contribution >= 0.6 is 0 Å². The van der Waals surface area contributed by atoms with Gasteiger partial charge in [-0.1, -0.05) is 30.3 Å². The first kappa shape index (κ1) is 26.0. The second-order valence-electron chi connectivity index (χ2n) is 9.48. The van der Waals surface area contributed by atoms with Crippen molar-refractivity contribution in [3.63, 3.8) is 0 Å². The number of carbonyl (C=O) groups is 1. The molecular formula is C25H33F3N6O2. The molecule has 0 unspecified atom stereocenters. The number of piperidine rings is 1. The molecule has 2 fully saturated rings. The summed E-state index contributed by atoms with van der Waals surface area (Å²) < 4.78 is 40.8. The maximum absolute atomic E-state index is 12.8. The lowest BCUT2D eigenvalue weighted by Crippen LogP contribution is -2.57. The molecule has 0 saturated carbocycles. The van der Waals surface area contributed by atoms with Crippen LogP contribution in [0.3, 0.4) is 0 Å². The van der Waals surface area contributed by atoms with E-state index in [-0.39, 0.29) is 12.1 Å². The Morgan fingerprint density at radius 2 is 1.78 bits per heavy atom. The van der Waals surface area contributed by atoms with Crippen molar-refractivity contribution < 1.29 is 22.7 Å². The minimum Gasteiger partial charge on any atom is -0.402 e. The molecule has 0 bridgehead atoms. The predicted octanol–water partition coefficient (Wildman–Crippen LogP) is 3.90. The Morgan fingerprint density at radius 3 is 2.42 bits per heavy atom. The lowest BCUT2D eigenvalue weighted by Gasteiger charge is -2.39. The summed E-state index contributed by atoms with van der Waals surface area (Å²) in [6, 6.07) is 10.4. The molecule has 1 aromatic heterocycles. The summed E-state index contributed by atoms with van der Waals surface area (Å²) in [5, 5.41) is 3.07. The van der Waals surface area contributed by atoms with Gasteiger partial charge in [0.25, 0.3) is 0 Å². The van der Waals surface area contributed by atoms with E-state index >= 15 is 0 Å². The normalized spacial score (nSPS) is 19.8. The number of urea groups is 1. The summed E-state index contributed by atoms with van der Waals surface area (Å²) in [6.45, 7) is 7.22. The Bertz CT molecular complexity index is 968. The van der Waals surface area contributed by atoms with E-state index in [4.69, 9.17) is 0 Å². The molecule has 0 aliphatic carbocycles. The number of benzene rings is 1. The van der Waals surface area contributed by atoms with Crippen LogP contribution in [0.5, 0.6) is 5.75 Å². The summed E-state index contributed by atoms with van der Waals surface area (Å²) in [4.78, 5) is 26.9. The van der Waals surface area contributed by atoms with Gasteiger partial charge in [0.15, 0.2) is 5.75 Å². The largest absolute Gasteiger partial charge is 0.573 e. The van der Waals surface area contributed by atoms with Crippen molar-refractivity contribution in [1.82, 2.24) is 25.1 Å². The molecule has 8 nitrogen and oxygen atoms in total. The van der Waals surface area contributed by atoms with Crippen molar-refractivity contribution in [3.8, 4) is 5.75 Å². The van der Waals surface area contributed by atoms with Gasteiger partial charge in [-0.3, -0.25) is 4.90 Å². The smallest absolute Gasteiger partial charge is 0.402 e. The van der Waals surface area contributed by atoms with Crippen molar-refractivity contribution in [1.29, 1.82) is 0 Å². The minimum absolute atomic E-state index is 0.0847. The number of hydrogen-bond donors (Lipinski definition) is 1. The van der Waals surface area contributed by atoms with Gasteiger partial charge < -0.3 is 19.9 Å². The molecule has 196 valence electrons. The van der Waals surface area contributed by atoms with Crippen LogP contribution in [0.4, 0.5) is 23.9 Å². The van der Waals surface area contributed by atoms with Gasteiger partial charge >= 0.3 is 12.4 Å². The third kappa shape index (κ3) is 7.46. The average molecular weight is 507 g/mol. The molecule has 2 aliphatic rings. The number of nitrogens with zero attached hydrogens (tertiary/aromatic N) is 5. The van der Waals surface area contributed by atoms with Crippen molar-refractivity contribution >= 4 is 12.0 Å². The van der Waals surface area contributed by atoms with Gasteiger partial charge in [-0.2, -0.15) is 0 Å². The lowest BCUT2D eigenvalue weighted by molar-refractivity contribution is -0.274. The van der Waals surface area contributed by atoms with Crippen LogP contribution in [0.1, 0.15) is 31.7 Å². The number of hydrogen-bond acceptors (Lipinski definition) is 6. The van der Waals surface area contributed by atoms with Crippen LogP contribution in [-0.2, 0) is 6.54 Å². The van der Waals surface area contributed by atoms with E-state index in [0.717, 1.165) is 51.3 Å². The highest BCUT2D eigenvalue weighted by Gasteiger charge is 2.32. The zero-order valence-corrected chi connectivity index (χ0v) is 20.5. The Morgan fingerprint density at radius 1 is 1.08 bits per heavy atom. The molecule has 11 heteroatoms. The van der Waals surface area contributed by atoms with E-state index in [2.05, 4.69) is 49.2 Å². The molecule has 0 spiro atoms. The molecule has 2 aromatic rings. The second kappa shape index (κ2) is 11.8. The van der Waals surface area contributed by atoms with Gasteiger partial charge in [-0.05, 0) is 50.8 Å². The van der Waals surface area contributed by atoms with E-state index in [1.807, 2.05) is 17.9 Å². The zero-order valence-electron chi connectivity index (χ0n) is 20.5. The van der Waals surface area contributed by atoms with Crippen molar-refractivity contribution in [2.75, 3.05) is 44.2 Å². The maximum Gasteiger partial charge on any atom is 0.573 e. The molecule has 4 rings (SSSR count). The fraction of sp³-hybridized carbons (Fsp3) is 0.560. The van der Waals surface area contributed by atoms with Gasteiger partial charge in [0.1, 0.15) is 0 Å². The molecule has 1 N–H and O–H groups in total. The SMILES string of the molecule is C[C@@H]1CN(c2ncc(OC(F)(F)F)cn2)CCN1C(=O)NCCC1CCN(Cc2ccccc2)CC1. The number of likely N-dealkylation sites (tertiary alicyclic amines) is 1. The molecule has 1 atom stereocenters. The first-order valence-corrected chi connectivity index (χ1v) is 12.4. The number of amides is 2. The first-order valence-electron chi connectivity index (χ1n) is 12.4. The first-order chi connectivity index (χ1) is 17.3. The summed E-state index contributed by atoms with van der Waals surface area (Å²) in [6.07, 6.45) is 0.490. The third-order valence-corrected chi connectivity index (χ3v) is 6.80. The zero-order chi connectivity index (χ0) is 25.5. The third-order valence-electron chi connectivity index (χ3n) is 6.80. The van der Waals surface area contributed by atoms with Gasteiger partial charge in [0, 0.05) is 38.8 Å². The predicted molar refractivity (Wildman–Crippen MR) is 130 cm³/mol. The number of rotatable bonds is 7. The summed E-state index contributed by atoms with van der Waals surface area (Å²) >= 11 is 0. The fourth-order valence-electron chi connectivity index (χ4n) is 4.86. The number of anilines is 1. The Balaban J connectivity index is 1.15. The molecule has 1 aromatic carbocycles. The number of carbonyl (C=O) groups excluding carboxylic acids is 1. The van der Waals surface area contributed by atoms with Gasteiger partial charge in [0.2, 0.25) is 5.95 Å². The number of halogens is 3. The highest BCUT2D eigenvalue weighted by molar-refractivity contribution is 5.74. The highest BCUT2D eigenvalue weighted by atomic mass is 19.4. The molecule has 2 saturated heterocycles. The molecule has 2 amide bonds. The van der Waals surface area contributed by atoms with Crippen LogP contribution in [0, 0.1) is 5.92 Å². The number of aromatic nitrogens is 2. The fourth-order valence-corrected chi connectivity index (χ4v) is 4.86. The standard InChI is InChI=1S/C25H33F3N6O2/c1-19-17-33(23-30-15-22(16-31-23)36-25(26,27)28)13-14-34(19)24(35)29-10-7-20-8-11-32(12-9-20)18-21-5-3-2-4-6-21/h2-6,15-16,19-20H,7-14,17-18H2,1H3,(H,29,35)/t19-/m1/s1. The van der Waals surface area contributed by atoms with Crippen LogP contribution in [0.25, 0.3) is 0 Å². The second-order valence-corrected chi connectivity index (χ2v) is 9.48. The number of piperazine rings is 1. The van der Waals surface area contributed by atoms with Gasteiger partial charge in [0.05, 0.1) is 12.4 Å². The van der Waals surface area contributed by atoms with E-state index < -0.39 is 12.1 Å². The van der Waals surface area contributed by atoms with Crippen LogP contribution < -0.4 is 15.0 Å². The van der Waals surface area contributed by atoms with Crippen LogP contribution in [-0.4, -0.2) is 77.5 Å². The molecular weight excluding hydrogens is 473 g/mol. The molecule has 0 radical (unpaired) electrons. The van der Waals surface area contributed by atoms with Crippen molar-refractivity contribution in [3.05, 3.63) is 48.3 Å². The summed E-state index contributed by atoms with van der Waals surface area (Å²) in [5.74, 6) is 0.474. The quantitative estimate of drug-likeness (QED) is 0.614. The number of ether oxygens (including phenoxy) is 1. The molecule has 2 aliphatic heterocycles. The lowest BCUT2D eigenvalue weighted by atomic mass is 9.93. The summed E-state index contributed by atoms with van der Waals surface area (Å²) in [5.41, 5.74) is 1.34. The minimum atomic E-state index is -4.78. The van der Waals surface area contributed by atoms with E-state index in [1.54, 1.807) is 4.90 Å². The monoisotopic (exact) mass is 506 g/mol. The Hall–Kier alpha value is -3.08. The van der Waals surface area contributed by atoms with E-state index in [0.29, 0.717) is 38.0 Å².